The minimum atomic E-state index is 0.0563. The van der Waals surface area contributed by atoms with Crippen LogP contribution in [0.25, 0.3) is 0 Å². The Kier molecular flexibility index (Phi) is 5.33. The molecule has 1 atom stereocenters. The molecule has 134 valence electrons. The van der Waals surface area contributed by atoms with E-state index in [2.05, 4.69) is 19.9 Å². The Morgan fingerprint density at radius 2 is 2.08 bits per heavy atom. The number of ether oxygens (including phenoxy) is 2. The molecular formula is C20H25NO3S. The largest absolute Gasteiger partial charge is 0.497 e. The Balaban J connectivity index is 1.91. The summed E-state index contributed by atoms with van der Waals surface area (Å²) >= 11 is 1.60. The maximum atomic E-state index is 13.1. The normalized spacial score (nSPS) is 17.0. The van der Waals surface area contributed by atoms with Gasteiger partial charge in [0.1, 0.15) is 11.5 Å². The van der Waals surface area contributed by atoms with E-state index in [9.17, 15) is 4.79 Å². The standard InChI is InChI=1S/C20H25NO3S/c1-5-14-11-19(25-13(14)2)20(22)21-10-6-7-17(21)16-9-8-15(23-3)12-18(16)24-4/h8-9,11-12,17H,5-7,10H2,1-4H3/t17-/m0/s1. The highest BCUT2D eigenvalue weighted by molar-refractivity contribution is 7.14. The van der Waals surface area contributed by atoms with Crippen LogP contribution in [0, 0.1) is 6.92 Å². The first-order valence-electron chi connectivity index (χ1n) is 8.71. The number of benzene rings is 1. The van der Waals surface area contributed by atoms with Crippen LogP contribution in [0.5, 0.6) is 11.5 Å². The van der Waals surface area contributed by atoms with Gasteiger partial charge in [0.15, 0.2) is 0 Å². The minimum absolute atomic E-state index is 0.0563. The van der Waals surface area contributed by atoms with Gasteiger partial charge in [0, 0.05) is 23.1 Å². The Hall–Kier alpha value is -2.01. The maximum absolute atomic E-state index is 13.1. The fourth-order valence-electron chi connectivity index (χ4n) is 3.54. The molecule has 4 nitrogen and oxygen atoms in total. The Labute approximate surface area is 153 Å². The first-order valence-corrected chi connectivity index (χ1v) is 9.52. The molecule has 1 fully saturated rings. The van der Waals surface area contributed by atoms with Crippen molar-refractivity contribution in [1.29, 1.82) is 0 Å². The van der Waals surface area contributed by atoms with Crippen molar-refractivity contribution in [2.75, 3.05) is 20.8 Å². The minimum Gasteiger partial charge on any atom is -0.497 e. The van der Waals surface area contributed by atoms with Gasteiger partial charge in [-0.25, -0.2) is 0 Å². The maximum Gasteiger partial charge on any atom is 0.264 e. The van der Waals surface area contributed by atoms with E-state index in [4.69, 9.17) is 9.47 Å². The lowest BCUT2D eigenvalue weighted by molar-refractivity contribution is 0.0739. The Morgan fingerprint density at radius 3 is 2.72 bits per heavy atom. The van der Waals surface area contributed by atoms with Crippen LogP contribution in [-0.2, 0) is 6.42 Å². The molecule has 5 heteroatoms. The zero-order chi connectivity index (χ0) is 18.0. The van der Waals surface area contributed by atoms with Crippen molar-refractivity contribution in [3.63, 3.8) is 0 Å². The molecule has 2 aromatic rings. The molecule has 0 bridgehead atoms. The number of hydrogen-bond donors (Lipinski definition) is 0. The van der Waals surface area contributed by atoms with Gasteiger partial charge in [-0.15, -0.1) is 11.3 Å². The predicted molar refractivity (Wildman–Crippen MR) is 101 cm³/mol. The molecule has 3 rings (SSSR count). The monoisotopic (exact) mass is 359 g/mol. The van der Waals surface area contributed by atoms with Crippen molar-refractivity contribution >= 4 is 17.2 Å². The summed E-state index contributed by atoms with van der Waals surface area (Å²) < 4.78 is 10.8. The lowest BCUT2D eigenvalue weighted by Gasteiger charge is -2.26. The zero-order valence-electron chi connectivity index (χ0n) is 15.3. The van der Waals surface area contributed by atoms with E-state index in [-0.39, 0.29) is 11.9 Å². The third kappa shape index (κ3) is 3.38. The van der Waals surface area contributed by atoms with Gasteiger partial charge in [0.05, 0.1) is 25.1 Å². The van der Waals surface area contributed by atoms with Crippen molar-refractivity contribution in [3.05, 3.63) is 45.1 Å². The average Bonchev–Trinajstić information content (AvgIpc) is 3.26. The number of carbonyl (C=O) groups is 1. The first kappa shape index (κ1) is 17.8. The van der Waals surface area contributed by atoms with Gasteiger partial charge >= 0.3 is 0 Å². The molecule has 0 spiro atoms. The summed E-state index contributed by atoms with van der Waals surface area (Å²) in [6.07, 6.45) is 2.93. The molecule has 1 saturated heterocycles. The number of likely N-dealkylation sites (tertiary alicyclic amines) is 1. The molecule has 2 heterocycles. The van der Waals surface area contributed by atoms with Crippen LogP contribution >= 0.6 is 11.3 Å². The summed E-state index contributed by atoms with van der Waals surface area (Å²) in [4.78, 5) is 17.2. The smallest absolute Gasteiger partial charge is 0.264 e. The van der Waals surface area contributed by atoms with E-state index in [1.807, 2.05) is 23.1 Å². The number of nitrogens with zero attached hydrogens (tertiary/aromatic N) is 1. The molecule has 1 aliphatic heterocycles. The van der Waals surface area contributed by atoms with Crippen molar-refractivity contribution in [2.24, 2.45) is 0 Å². The lowest BCUT2D eigenvalue weighted by atomic mass is 10.0. The summed E-state index contributed by atoms with van der Waals surface area (Å²) in [6, 6.07) is 7.96. The van der Waals surface area contributed by atoms with Gasteiger partial charge in [0.2, 0.25) is 0 Å². The molecular weight excluding hydrogens is 334 g/mol. The number of methoxy groups -OCH3 is 2. The number of hydrogen-bond acceptors (Lipinski definition) is 4. The summed E-state index contributed by atoms with van der Waals surface area (Å²) in [7, 11) is 3.31. The van der Waals surface area contributed by atoms with Gasteiger partial charge in [-0.3, -0.25) is 4.79 Å². The highest BCUT2D eigenvalue weighted by atomic mass is 32.1. The third-order valence-electron chi connectivity index (χ3n) is 4.93. The molecule has 25 heavy (non-hydrogen) atoms. The van der Waals surface area contributed by atoms with E-state index in [1.165, 1.54) is 10.4 Å². The van der Waals surface area contributed by atoms with Crippen molar-refractivity contribution in [1.82, 2.24) is 4.90 Å². The van der Waals surface area contributed by atoms with Crippen molar-refractivity contribution < 1.29 is 14.3 Å². The summed E-state index contributed by atoms with van der Waals surface area (Å²) in [5.41, 5.74) is 2.32. The predicted octanol–water partition coefficient (Wildman–Crippen LogP) is 4.61. The Morgan fingerprint density at radius 1 is 1.28 bits per heavy atom. The topological polar surface area (TPSA) is 38.8 Å². The number of carbonyl (C=O) groups excluding carboxylic acids is 1. The van der Waals surface area contributed by atoms with E-state index >= 15 is 0 Å². The van der Waals surface area contributed by atoms with Crippen molar-refractivity contribution in [3.8, 4) is 11.5 Å². The second-order valence-corrected chi connectivity index (χ2v) is 7.57. The molecule has 1 amide bonds. The van der Waals surface area contributed by atoms with Crippen LogP contribution in [0.15, 0.2) is 24.3 Å². The van der Waals surface area contributed by atoms with Crippen LogP contribution in [-0.4, -0.2) is 31.6 Å². The molecule has 0 unspecified atom stereocenters. The van der Waals surface area contributed by atoms with Gasteiger partial charge in [-0.1, -0.05) is 6.92 Å². The van der Waals surface area contributed by atoms with E-state index in [0.717, 1.165) is 47.7 Å². The molecule has 0 radical (unpaired) electrons. The van der Waals surface area contributed by atoms with Gasteiger partial charge in [0.25, 0.3) is 5.91 Å². The summed E-state index contributed by atoms with van der Waals surface area (Å²) in [6.45, 7) is 5.01. The van der Waals surface area contributed by atoms with E-state index in [1.54, 1.807) is 25.6 Å². The molecule has 1 aliphatic rings. The summed E-state index contributed by atoms with van der Waals surface area (Å²) in [5.74, 6) is 1.67. The lowest BCUT2D eigenvalue weighted by Crippen LogP contribution is -2.30. The van der Waals surface area contributed by atoms with Crippen LogP contribution in [0.3, 0.4) is 0 Å². The number of rotatable bonds is 5. The fourth-order valence-corrected chi connectivity index (χ4v) is 4.61. The van der Waals surface area contributed by atoms with Gasteiger partial charge in [-0.2, -0.15) is 0 Å². The van der Waals surface area contributed by atoms with Gasteiger partial charge in [-0.05, 0) is 49.9 Å². The van der Waals surface area contributed by atoms with E-state index in [0.29, 0.717) is 0 Å². The average molecular weight is 359 g/mol. The Bertz CT molecular complexity index is 768. The van der Waals surface area contributed by atoms with Crippen molar-refractivity contribution in [2.45, 2.75) is 39.2 Å². The first-order chi connectivity index (χ1) is 12.1. The van der Waals surface area contributed by atoms with Crippen LogP contribution in [0.2, 0.25) is 0 Å². The number of thiophene rings is 1. The SMILES string of the molecule is CCc1cc(C(=O)N2CCC[C@H]2c2ccc(OC)cc2OC)sc1C. The van der Waals surface area contributed by atoms with Gasteiger partial charge < -0.3 is 14.4 Å². The molecule has 0 aliphatic carbocycles. The molecule has 0 N–H and O–H groups in total. The number of amides is 1. The number of aryl methyl sites for hydroxylation is 2. The van der Waals surface area contributed by atoms with Crippen LogP contribution in [0.1, 0.15) is 51.5 Å². The highest BCUT2D eigenvalue weighted by Gasteiger charge is 2.33. The third-order valence-corrected chi connectivity index (χ3v) is 6.01. The van der Waals surface area contributed by atoms with E-state index < -0.39 is 0 Å². The van der Waals surface area contributed by atoms with Crippen LogP contribution < -0.4 is 9.47 Å². The quantitative estimate of drug-likeness (QED) is 0.782. The molecule has 0 saturated carbocycles. The second-order valence-electron chi connectivity index (χ2n) is 6.31. The fraction of sp³-hybridized carbons (Fsp3) is 0.450. The second kappa shape index (κ2) is 7.48. The highest BCUT2D eigenvalue weighted by Crippen LogP contribution is 2.40. The zero-order valence-corrected chi connectivity index (χ0v) is 16.1. The molecule has 1 aromatic heterocycles. The summed E-state index contributed by atoms with van der Waals surface area (Å²) in [5, 5.41) is 0. The van der Waals surface area contributed by atoms with Crippen LogP contribution in [0.4, 0.5) is 0 Å². The molecule has 1 aromatic carbocycles.